The number of aromatic nitrogens is 1. The number of carbonyl (C=O) groups is 1. The van der Waals surface area contributed by atoms with Crippen molar-refractivity contribution in [1.82, 2.24) is 10.3 Å². The molecule has 108 valence electrons. The van der Waals surface area contributed by atoms with E-state index in [1.165, 1.54) is 7.11 Å². The predicted octanol–water partition coefficient (Wildman–Crippen LogP) is 1.69. The summed E-state index contributed by atoms with van der Waals surface area (Å²) in [7, 11) is 1.53. The van der Waals surface area contributed by atoms with E-state index in [0.717, 1.165) is 16.6 Å². The zero-order chi connectivity index (χ0) is 14.4. The van der Waals surface area contributed by atoms with Gasteiger partial charge in [0.05, 0.1) is 12.7 Å². The number of aromatic amines is 1. The number of anilines is 1. The molecule has 1 aromatic carbocycles. The standard InChI is InChI=1S/C14H19N3O3/c1-20-9-12(18)5-7-16-14(19)17-11-2-3-13-10(8-11)4-6-15-13/h2-4,6,8,12,15,18H,5,7,9H2,1H3,(H2,16,17,19). The molecule has 1 atom stereocenters. The third kappa shape index (κ3) is 3.97. The summed E-state index contributed by atoms with van der Waals surface area (Å²) in [6.45, 7) is 0.663. The molecule has 0 saturated carbocycles. The minimum Gasteiger partial charge on any atom is -0.391 e. The summed E-state index contributed by atoms with van der Waals surface area (Å²) < 4.78 is 4.81. The zero-order valence-corrected chi connectivity index (χ0v) is 11.3. The van der Waals surface area contributed by atoms with Gasteiger partial charge in [-0.05, 0) is 30.7 Å². The molecular weight excluding hydrogens is 258 g/mol. The highest BCUT2D eigenvalue weighted by molar-refractivity contribution is 5.92. The summed E-state index contributed by atoms with van der Waals surface area (Å²) in [5.74, 6) is 0. The van der Waals surface area contributed by atoms with Gasteiger partial charge in [0.15, 0.2) is 0 Å². The number of nitrogens with one attached hydrogen (secondary N) is 3. The van der Waals surface area contributed by atoms with Crippen molar-refractivity contribution in [3.8, 4) is 0 Å². The van der Waals surface area contributed by atoms with Gasteiger partial charge in [0.2, 0.25) is 0 Å². The first-order chi connectivity index (χ1) is 9.69. The smallest absolute Gasteiger partial charge is 0.319 e. The average molecular weight is 277 g/mol. The van der Waals surface area contributed by atoms with Crippen LogP contribution < -0.4 is 10.6 Å². The molecule has 0 aliphatic carbocycles. The Morgan fingerprint density at radius 2 is 2.30 bits per heavy atom. The second-order valence-corrected chi connectivity index (χ2v) is 4.56. The maximum absolute atomic E-state index is 11.7. The molecule has 0 aliphatic heterocycles. The van der Waals surface area contributed by atoms with E-state index in [0.29, 0.717) is 13.0 Å². The van der Waals surface area contributed by atoms with Crippen LogP contribution in [0, 0.1) is 0 Å². The second-order valence-electron chi connectivity index (χ2n) is 4.56. The second kappa shape index (κ2) is 6.93. The number of rotatable bonds is 6. The van der Waals surface area contributed by atoms with Gasteiger partial charge in [-0.3, -0.25) is 0 Å². The summed E-state index contributed by atoms with van der Waals surface area (Å²) in [6.07, 6.45) is 1.75. The van der Waals surface area contributed by atoms with Crippen LogP contribution in [0.2, 0.25) is 0 Å². The molecule has 6 nitrogen and oxygen atoms in total. The van der Waals surface area contributed by atoms with Gasteiger partial charge in [-0.2, -0.15) is 0 Å². The number of carbonyl (C=O) groups excluding carboxylic acids is 1. The van der Waals surface area contributed by atoms with Gasteiger partial charge in [0.25, 0.3) is 0 Å². The first-order valence-electron chi connectivity index (χ1n) is 6.48. The van der Waals surface area contributed by atoms with Crippen LogP contribution in [0.15, 0.2) is 30.5 Å². The maximum Gasteiger partial charge on any atom is 0.319 e. The van der Waals surface area contributed by atoms with Crippen LogP contribution in [0.1, 0.15) is 6.42 Å². The van der Waals surface area contributed by atoms with Crippen molar-refractivity contribution in [3.05, 3.63) is 30.5 Å². The van der Waals surface area contributed by atoms with E-state index in [1.54, 1.807) is 0 Å². The van der Waals surface area contributed by atoms with Crippen LogP contribution in [0.5, 0.6) is 0 Å². The number of urea groups is 1. The summed E-state index contributed by atoms with van der Waals surface area (Å²) >= 11 is 0. The topological polar surface area (TPSA) is 86.4 Å². The third-order valence-electron chi connectivity index (χ3n) is 2.93. The normalized spacial score (nSPS) is 12.3. The molecule has 6 heteroatoms. The van der Waals surface area contributed by atoms with E-state index < -0.39 is 6.10 Å². The Labute approximate surface area is 117 Å². The van der Waals surface area contributed by atoms with Gasteiger partial charge in [-0.15, -0.1) is 0 Å². The van der Waals surface area contributed by atoms with Crippen molar-refractivity contribution in [2.75, 3.05) is 25.6 Å². The summed E-state index contributed by atoms with van der Waals surface area (Å²) in [5, 5.41) is 15.9. The lowest BCUT2D eigenvalue weighted by Crippen LogP contribution is -2.32. The maximum atomic E-state index is 11.7. The first kappa shape index (κ1) is 14.4. The number of hydrogen-bond acceptors (Lipinski definition) is 3. The minimum atomic E-state index is -0.559. The number of H-pyrrole nitrogens is 1. The largest absolute Gasteiger partial charge is 0.391 e. The minimum absolute atomic E-state index is 0.271. The fourth-order valence-corrected chi connectivity index (χ4v) is 1.93. The van der Waals surface area contributed by atoms with Crippen molar-refractivity contribution < 1.29 is 14.6 Å². The molecule has 0 fully saturated rings. The van der Waals surface area contributed by atoms with Gasteiger partial charge < -0.3 is 25.5 Å². The number of aliphatic hydroxyl groups is 1. The molecule has 0 bridgehead atoms. The Morgan fingerprint density at radius 1 is 1.45 bits per heavy atom. The van der Waals surface area contributed by atoms with Crippen molar-refractivity contribution in [3.63, 3.8) is 0 Å². The van der Waals surface area contributed by atoms with Gasteiger partial charge in [-0.25, -0.2) is 4.79 Å². The predicted molar refractivity (Wildman–Crippen MR) is 77.8 cm³/mol. The molecule has 4 N–H and O–H groups in total. The zero-order valence-electron chi connectivity index (χ0n) is 11.3. The van der Waals surface area contributed by atoms with Crippen molar-refractivity contribution in [1.29, 1.82) is 0 Å². The van der Waals surface area contributed by atoms with Crippen LogP contribution in [-0.4, -0.2) is 42.5 Å². The van der Waals surface area contributed by atoms with E-state index in [-0.39, 0.29) is 12.6 Å². The Morgan fingerprint density at radius 3 is 3.10 bits per heavy atom. The number of hydrogen-bond donors (Lipinski definition) is 4. The van der Waals surface area contributed by atoms with E-state index in [4.69, 9.17) is 4.74 Å². The van der Waals surface area contributed by atoms with Crippen LogP contribution in [-0.2, 0) is 4.74 Å². The first-order valence-corrected chi connectivity index (χ1v) is 6.48. The third-order valence-corrected chi connectivity index (χ3v) is 2.93. The Bertz CT molecular complexity index is 568. The number of amides is 2. The molecule has 2 aromatic rings. The van der Waals surface area contributed by atoms with E-state index in [9.17, 15) is 9.90 Å². The van der Waals surface area contributed by atoms with E-state index in [1.807, 2.05) is 30.5 Å². The van der Waals surface area contributed by atoms with Gasteiger partial charge in [-0.1, -0.05) is 0 Å². The molecule has 0 spiro atoms. The van der Waals surface area contributed by atoms with Crippen LogP contribution in [0.25, 0.3) is 10.9 Å². The fourth-order valence-electron chi connectivity index (χ4n) is 1.93. The molecule has 1 aromatic heterocycles. The van der Waals surface area contributed by atoms with Crippen LogP contribution >= 0.6 is 0 Å². The van der Waals surface area contributed by atoms with Gasteiger partial charge in [0, 0.05) is 36.4 Å². The molecule has 0 radical (unpaired) electrons. The van der Waals surface area contributed by atoms with Crippen molar-refractivity contribution in [2.24, 2.45) is 0 Å². The molecule has 1 unspecified atom stereocenters. The number of benzene rings is 1. The Kier molecular flexibility index (Phi) is 4.97. The Balaban J connectivity index is 1.79. The monoisotopic (exact) mass is 277 g/mol. The van der Waals surface area contributed by atoms with Gasteiger partial charge >= 0.3 is 6.03 Å². The number of aliphatic hydroxyl groups excluding tert-OH is 1. The lowest BCUT2D eigenvalue weighted by molar-refractivity contribution is 0.0599. The van der Waals surface area contributed by atoms with Crippen molar-refractivity contribution >= 4 is 22.6 Å². The van der Waals surface area contributed by atoms with Crippen LogP contribution in [0.3, 0.4) is 0 Å². The molecule has 1 heterocycles. The lowest BCUT2D eigenvalue weighted by Gasteiger charge is -2.11. The fraction of sp³-hybridized carbons (Fsp3) is 0.357. The van der Waals surface area contributed by atoms with Gasteiger partial charge in [0.1, 0.15) is 0 Å². The molecule has 20 heavy (non-hydrogen) atoms. The highest BCUT2D eigenvalue weighted by Crippen LogP contribution is 2.17. The van der Waals surface area contributed by atoms with E-state index in [2.05, 4.69) is 15.6 Å². The quantitative estimate of drug-likeness (QED) is 0.648. The summed E-state index contributed by atoms with van der Waals surface area (Å²) in [5.41, 5.74) is 1.76. The molecule has 0 aliphatic rings. The molecule has 2 rings (SSSR count). The molecule has 2 amide bonds. The summed E-state index contributed by atoms with van der Waals surface area (Å²) in [4.78, 5) is 14.8. The molecular formula is C14H19N3O3. The number of ether oxygens (including phenoxy) is 1. The SMILES string of the molecule is COCC(O)CCNC(=O)Nc1ccc2[nH]ccc2c1. The highest BCUT2D eigenvalue weighted by atomic mass is 16.5. The van der Waals surface area contributed by atoms with Crippen molar-refractivity contribution in [2.45, 2.75) is 12.5 Å². The van der Waals surface area contributed by atoms with E-state index >= 15 is 0 Å². The highest BCUT2D eigenvalue weighted by Gasteiger charge is 2.06. The number of methoxy groups -OCH3 is 1. The lowest BCUT2D eigenvalue weighted by atomic mass is 10.2. The molecule has 0 saturated heterocycles. The Hall–Kier alpha value is -2.05. The average Bonchev–Trinajstić information content (AvgIpc) is 2.86. The summed E-state index contributed by atoms with van der Waals surface area (Å²) in [6, 6.07) is 7.29. The number of fused-ring (bicyclic) bond motifs is 1. The van der Waals surface area contributed by atoms with Crippen LogP contribution in [0.4, 0.5) is 10.5 Å².